The highest BCUT2D eigenvalue weighted by molar-refractivity contribution is 6.05. The molecule has 2 heterocycles. The van der Waals surface area contributed by atoms with Gasteiger partial charge in [-0.15, -0.1) is 0 Å². The van der Waals surface area contributed by atoms with E-state index < -0.39 is 18.0 Å². The molecule has 3 N–H and O–H groups in total. The molecule has 1 unspecified atom stereocenters. The second-order valence-electron chi connectivity index (χ2n) is 5.53. The normalized spacial score (nSPS) is 16.6. The van der Waals surface area contributed by atoms with E-state index in [1.807, 2.05) is 30.3 Å². The molecule has 0 saturated carbocycles. The van der Waals surface area contributed by atoms with Crippen LogP contribution in [0.15, 0.2) is 47.3 Å². The Labute approximate surface area is 138 Å². The molecule has 1 atom stereocenters. The first-order valence-electron chi connectivity index (χ1n) is 7.61. The van der Waals surface area contributed by atoms with Gasteiger partial charge in [-0.1, -0.05) is 24.3 Å². The molecule has 0 radical (unpaired) electrons. The van der Waals surface area contributed by atoms with Crippen LogP contribution in [0, 0.1) is 0 Å². The molecule has 1 aromatic heterocycles. The van der Waals surface area contributed by atoms with E-state index in [0.29, 0.717) is 13.0 Å². The van der Waals surface area contributed by atoms with E-state index in [1.165, 1.54) is 0 Å². The highest BCUT2D eigenvalue weighted by Crippen LogP contribution is 2.20. The molecule has 2 aromatic rings. The molecule has 3 rings (SSSR count). The summed E-state index contributed by atoms with van der Waals surface area (Å²) in [5.74, 6) is -0.739. The number of furan rings is 1. The number of carbonyl (C=O) groups excluding carboxylic acids is 3. The molecule has 7 heteroatoms. The van der Waals surface area contributed by atoms with Crippen LogP contribution in [0.25, 0.3) is 11.1 Å². The van der Waals surface area contributed by atoms with Crippen molar-refractivity contribution in [1.29, 1.82) is 0 Å². The van der Waals surface area contributed by atoms with Crippen LogP contribution < -0.4 is 16.0 Å². The van der Waals surface area contributed by atoms with Crippen LogP contribution in [0.3, 0.4) is 0 Å². The molecule has 0 spiro atoms. The largest absolute Gasteiger partial charge is 0.472 e. The van der Waals surface area contributed by atoms with E-state index in [0.717, 1.165) is 16.7 Å². The predicted octanol–water partition coefficient (Wildman–Crippen LogP) is 1.20. The minimum Gasteiger partial charge on any atom is -0.472 e. The highest BCUT2D eigenvalue weighted by atomic mass is 16.3. The van der Waals surface area contributed by atoms with Crippen molar-refractivity contribution in [2.75, 3.05) is 6.54 Å². The molecule has 24 heavy (non-hydrogen) atoms. The smallest absolute Gasteiger partial charge is 0.322 e. The van der Waals surface area contributed by atoms with E-state index in [9.17, 15) is 14.4 Å². The Morgan fingerprint density at radius 1 is 1.12 bits per heavy atom. The molecule has 7 nitrogen and oxygen atoms in total. The molecule has 0 aliphatic carbocycles. The van der Waals surface area contributed by atoms with Crippen LogP contribution in [0.2, 0.25) is 0 Å². The summed E-state index contributed by atoms with van der Waals surface area (Å²) in [6, 6.07) is 8.55. The number of carbonyl (C=O) groups is 3. The fraction of sp³-hybridized carbons (Fsp3) is 0.235. The van der Waals surface area contributed by atoms with Crippen molar-refractivity contribution in [2.24, 2.45) is 0 Å². The topological polar surface area (TPSA) is 100 Å². The summed E-state index contributed by atoms with van der Waals surface area (Å²) in [6.07, 6.45) is 3.94. The van der Waals surface area contributed by atoms with Gasteiger partial charge in [0.1, 0.15) is 6.04 Å². The van der Waals surface area contributed by atoms with Gasteiger partial charge in [0.15, 0.2) is 0 Å². The maximum atomic E-state index is 11.8. The Morgan fingerprint density at radius 2 is 1.92 bits per heavy atom. The fourth-order valence-corrected chi connectivity index (χ4v) is 2.50. The number of hydrogen-bond acceptors (Lipinski definition) is 4. The number of rotatable bonds is 6. The molecule has 0 bridgehead atoms. The van der Waals surface area contributed by atoms with Gasteiger partial charge in [-0.05, 0) is 23.6 Å². The third kappa shape index (κ3) is 3.81. The Hall–Kier alpha value is -3.09. The third-order valence-corrected chi connectivity index (χ3v) is 3.79. The van der Waals surface area contributed by atoms with Gasteiger partial charge in [-0.25, -0.2) is 4.79 Å². The lowest BCUT2D eigenvalue weighted by molar-refractivity contribution is -0.126. The summed E-state index contributed by atoms with van der Waals surface area (Å²) < 4.78 is 5.06. The SMILES string of the molecule is O=C(CC1NC(=O)NC1=O)NCCc1ccc(-c2ccoc2)cc1. The highest BCUT2D eigenvalue weighted by Gasteiger charge is 2.30. The van der Waals surface area contributed by atoms with Gasteiger partial charge in [0.2, 0.25) is 5.91 Å². The second kappa shape index (κ2) is 6.99. The third-order valence-electron chi connectivity index (χ3n) is 3.79. The molecule has 124 valence electrons. The maximum Gasteiger partial charge on any atom is 0.322 e. The van der Waals surface area contributed by atoms with Gasteiger partial charge in [-0.2, -0.15) is 0 Å². The monoisotopic (exact) mass is 327 g/mol. The van der Waals surface area contributed by atoms with Gasteiger partial charge in [0, 0.05) is 12.1 Å². The fourth-order valence-electron chi connectivity index (χ4n) is 2.50. The zero-order valence-corrected chi connectivity index (χ0v) is 12.9. The van der Waals surface area contributed by atoms with Crippen molar-refractivity contribution in [1.82, 2.24) is 16.0 Å². The van der Waals surface area contributed by atoms with Gasteiger partial charge in [0.25, 0.3) is 5.91 Å². The van der Waals surface area contributed by atoms with Crippen LogP contribution in [0.5, 0.6) is 0 Å². The van der Waals surface area contributed by atoms with E-state index in [4.69, 9.17) is 4.42 Å². The molecule has 1 aromatic carbocycles. The lowest BCUT2D eigenvalue weighted by atomic mass is 10.1. The average molecular weight is 327 g/mol. The summed E-state index contributed by atoms with van der Waals surface area (Å²) in [4.78, 5) is 34.1. The summed E-state index contributed by atoms with van der Waals surface area (Å²) >= 11 is 0. The Bertz CT molecular complexity index is 738. The molecule has 4 amide bonds. The zero-order chi connectivity index (χ0) is 16.9. The first kappa shape index (κ1) is 15.8. The van der Waals surface area contributed by atoms with Crippen molar-refractivity contribution in [3.63, 3.8) is 0 Å². The Balaban J connectivity index is 1.44. The standard InChI is InChI=1S/C17H17N3O4/c21-15(9-14-16(22)20-17(23)19-14)18-7-5-11-1-3-12(4-2-11)13-6-8-24-10-13/h1-4,6,8,10,14H,5,7,9H2,(H,18,21)(H2,19,20,22,23). The van der Waals surface area contributed by atoms with Crippen LogP contribution in [-0.2, 0) is 16.0 Å². The van der Waals surface area contributed by atoms with Crippen molar-refractivity contribution < 1.29 is 18.8 Å². The van der Waals surface area contributed by atoms with Crippen LogP contribution in [-0.4, -0.2) is 30.4 Å². The van der Waals surface area contributed by atoms with Gasteiger partial charge < -0.3 is 15.1 Å². The number of hydrogen-bond donors (Lipinski definition) is 3. The minimum atomic E-state index is -0.785. The van der Waals surface area contributed by atoms with E-state index >= 15 is 0 Å². The Kier molecular flexibility index (Phi) is 4.60. The second-order valence-corrected chi connectivity index (χ2v) is 5.53. The van der Waals surface area contributed by atoms with Gasteiger partial charge >= 0.3 is 6.03 Å². The number of urea groups is 1. The van der Waals surface area contributed by atoms with Crippen LogP contribution >= 0.6 is 0 Å². The lowest BCUT2D eigenvalue weighted by Crippen LogP contribution is -2.36. The molecular formula is C17H17N3O4. The summed E-state index contributed by atoms with van der Waals surface area (Å²) in [5.41, 5.74) is 3.18. The lowest BCUT2D eigenvalue weighted by Gasteiger charge is -2.08. The first-order chi connectivity index (χ1) is 11.6. The average Bonchev–Trinajstić information content (AvgIpc) is 3.18. The van der Waals surface area contributed by atoms with E-state index in [2.05, 4.69) is 16.0 Å². The van der Waals surface area contributed by atoms with Crippen LogP contribution in [0.1, 0.15) is 12.0 Å². The predicted molar refractivity (Wildman–Crippen MR) is 85.9 cm³/mol. The van der Waals surface area contributed by atoms with E-state index in [-0.39, 0.29) is 12.3 Å². The maximum absolute atomic E-state index is 11.8. The molecule has 1 aliphatic heterocycles. The number of imide groups is 1. The summed E-state index contributed by atoms with van der Waals surface area (Å²) in [6.45, 7) is 0.464. The first-order valence-corrected chi connectivity index (χ1v) is 7.61. The minimum absolute atomic E-state index is 0.0585. The van der Waals surface area contributed by atoms with Gasteiger partial charge in [0.05, 0.1) is 18.9 Å². The van der Waals surface area contributed by atoms with Crippen molar-refractivity contribution >= 4 is 17.8 Å². The van der Waals surface area contributed by atoms with Crippen molar-refractivity contribution in [3.8, 4) is 11.1 Å². The van der Waals surface area contributed by atoms with Crippen molar-refractivity contribution in [2.45, 2.75) is 18.9 Å². The Morgan fingerprint density at radius 3 is 2.54 bits per heavy atom. The molecular weight excluding hydrogens is 310 g/mol. The van der Waals surface area contributed by atoms with Crippen molar-refractivity contribution in [3.05, 3.63) is 48.4 Å². The number of nitrogens with one attached hydrogen (secondary N) is 3. The zero-order valence-electron chi connectivity index (χ0n) is 12.9. The summed E-state index contributed by atoms with van der Waals surface area (Å²) in [5, 5.41) is 7.24. The summed E-state index contributed by atoms with van der Waals surface area (Å²) in [7, 11) is 0. The molecule has 1 saturated heterocycles. The quantitative estimate of drug-likeness (QED) is 0.694. The molecule has 1 fully saturated rings. The van der Waals surface area contributed by atoms with E-state index in [1.54, 1.807) is 12.5 Å². The number of amides is 4. The van der Waals surface area contributed by atoms with Gasteiger partial charge in [-0.3, -0.25) is 14.9 Å². The van der Waals surface area contributed by atoms with Crippen LogP contribution in [0.4, 0.5) is 4.79 Å². The molecule has 1 aliphatic rings. The number of benzene rings is 1.